The van der Waals surface area contributed by atoms with Gasteiger partial charge in [0.1, 0.15) is 6.10 Å². The molecule has 126 valence electrons. The Morgan fingerprint density at radius 1 is 1.14 bits per heavy atom. The third-order valence-corrected chi connectivity index (χ3v) is 2.90. The molecule has 5 atom stereocenters. The van der Waals surface area contributed by atoms with Gasteiger partial charge in [0.25, 0.3) is 0 Å². The molecule has 0 bridgehead atoms. The first-order valence-electron chi connectivity index (χ1n) is 6.36. The molecule has 1 fully saturated rings. The van der Waals surface area contributed by atoms with Crippen LogP contribution in [0.4, 0.5) is 4.39 Å². The summed E-state index contributed by atoms with van der Waals surface area (Å²) in [4.78, 5) is 38.0. The van der Waals surface area contributed by atoms with Crippen LogP contribution in [0.25, 0.3) is 0 Å². The van der Waals surface area contributed by atoms with E-state index in [0.717, 1.165) is 21.0 Å². The molecule has 0 aliphatic carbocycles. The molecule has 0 aromatic carbocycles. The van der Waals surface area contributed by atoms with Crippen molar-refractivity contribution in [3.8, 4) is 0 Å². The number of hydrogen-bond acceptors (Lipinski definition) is 9. The number of carbonyl (C=O) groups excluding carboxylic acids is 3. The Kier molecular flexibility index (Phi) is 6.65. The Balaban J connectivity index is 3.00. The van der Waals surface area contributed by atoms with Gasteiger partial charge in [0.2, 0.25) is 6.29 Å². The van der Waals surface area contributed by atoms with Crippen LogP contribution in [0.1, 0.15) is 20.3 Å². The molecule has 10 heteroatoms. The van der Waals surface area contributed by atoms with E-state index in [1.54, 1.807) is 0 Å². The molecule has 0 aromatic rings. The second kappa shape index (κ2) is 8.01. The van der Waals surface area contributed by atoms with Gasteiger partial charge in [0.15, 0.2) is 18.4 Å². The predicted molar refractivity (Wildman–Crippen MR) is 66.6 cm³/mol. The Hall–Kier alpha value is -1.78. The van der Waals surface area contributed by atoms with E-state index in [2.05, 4.69) is 9.57 Å². The number of alkyl halides is 1. The highest BCUT2D eigenvalue weighted by Crippen LogP contribution is 2.30. The first-order valence-corrected chi connectivity index (χ1v) is 6.36. The van der Waals surface area contributed by atoms with Crippen LogP contribution in [0, 0.1) is 0 Å². The van der Waals surface area contributed by atoms with Crippen molar-refractivity contribution in [3.63, 3.8) is 0 Å². The Morgan fingerprint density at radius 3 is 2.14 bits per heavy atom. The molecule has 1 heterocycles. The topological polar surface area (TPSA) is 123 Å². The van der Waals surface area contributed by atoms with Crippen LogP contribution >= 0.6 is 0 Å². The Labute approximate surface area is 125 Å². The van der Waals surface area contributed by atoms with Gasteiger partial charge in [-0.1, -0.05) is 0 Å². The van der Waals surface area contributed by atoms with E-state index in [1.165, 1.54) is 0 Å². The first kappa shape index (κ1) is 18.3. The lowest BCUT2D eigenvalue weighted by Crippen LogP contribution is -2.60. The maximum Gasteiger partial charge on any atom is 0.308 e. The van der Waals surface area contributed by atoms with Crippen LogP contribution in [0.15, 0.2) is 0 Å². The quantitative estimate of drug-likeness (QED) is 0.400. The lowest BCUT2D eigenvalue weighted by molar-refractivity contribution is -0.294. The van der Waals surface area contributed by atoms with Crippen molar-refractivity contribution in [2.45, 2.75) is 51.0 Å². The Morgan fingerprint density at radius 2 is 1.68 bits per heavy atom. The van der Waals surface area contributed by atoms with Crippen molar-refractivity contribution in [1.82, 2.24) is 0 Å². The summed E-state index contributed by atoms with van der Waals surface area (Å²) in [6, 6.07) is 0. The minimum atomic E-state index is -1.95. The van der Waals surface area contributed by atoms with E-state index in [0.29, 0.717) is 0 Å². The van der Waals surface area contributed by atoms with Gasteiger partial charge < -0.3 is 18.9 Å². The summed E-state index contributed by atoms with van der Waals surface area (Å²) in [6.07, 6.45) is -8.08. The first-order chi connectivity index (χ1) is 10.3. The second-order valence-corrected chi connectivity index (χ2v) is 4.55. The number of nitrogens with two attached hydrogens (primary N) is 1. The summed E-state index contributed by atoms with van der Waals surface area (Å²) >= 11 is 0. The molecule has 9 nitrogen and oxygen atoms in total. The smallest absolute Gasteiger partial charge is 0.308 e. The largest absolute Gasteiger partial charge is 0.469 e. The Bertz CT molecular complexity index is 431. The van der Waals surface area contributed by atoms with Crippen molar-refractivity contribution in [2.75, 3.05) is 7.11 Å². The summed E-state index contributed by atoms with van der Waals surface area (Å²) < 4.78 is 33.8. The van der Waals surface area contributed by atoms with Gasteiger partial charge in [0, 0.05) is 13.8 Å². The van der Waals surface area contributed by atoms with Crippen LogP contribution in [-0.2, 0) is 38.2 Å². The number of ether oxygens (including phenoxy) is 4. The van der Waals surface area contributed by atoms with E-state index >= 15 is 0 Å². The molecule has 0 amide bonds. The predicted octanol–water partition coefficient (Wildman–Crippen LogP) is -0.634. The summed E-state index contributed by atoms with van der Waals surface area (Å²) in [5.74, 6) is 2.72. The molecular weight excluding hydrogens is 305 g/mol. The number of halogens is 1. The fraction of sp³-hybridized carbons (Fsp3) is 0.750. The highest BCUT2D eigenvalue weighted by molar-refractivity contribution is 5.70. The van der Waals surface area contributed by atoms with Gasteiger partial charge in [0.05, 0.1) is 13.5 Å². The molecule has 0 saturated carbocycles. The number of hydrogen-bond donors (Lipinski definition) is 1. The minimum Gasteiger partial charge on any atom is -0.469 e. The van der Waals surface area contributed by atoms with E-state index in [-0.39, 0.29) is 0 Å². The SMILES string of the molecule is COC(=O)C[C@H]1O[C@@H](ON)[C@H](OC(C)=O)[C@@H](OC(C)=O)[C@H]1F. The second-order valence-electron chi connectivity index (χ2n) is 4.55. The summed E-state index contributed by atoms with van der Waals surface area (Å²) in [7, 11) is 1.13. The molecule has 1 rings (SSSR count). The van der Waals surface area contributed by atoms with E-state index in [9.17, 15) is 18.8 Å². The van der Waals surface area contributed by atoms with Gasteiger partial charge in [-0.05, 0) is 0 Å². The molecule has 0 aromatic heterocycles. The fourth-order valence-electron chi connectivity index (χ4n) is 2.03. The van der Waals surface area contributed by atoms with Crippen molar-refractivity contribution in [2.24, 2.45) is 5.90 Å². The number of methoxy groups -OCH3 is 1. The zero-order valence-corrected chi connectivity index (χ0v) is 12.3. The highest BCUT2D eigenvalue weighted by Gasteiger charge is 2.51. The molecule has 0 unspecified atom stereocenters. The molecule has 2 N–H and O–H groups in total. The van der Waals surface area contributed by atoms with Crippen molar-refractivity contribution in [1.29, 1.82) is 0 Å². The standard InChI is InChI=1S/C12H18FNO8/c1-5(15)19-10-9(13)7(4-8(17)18-3)21-12(22-14)11(10)20-6(2)16/h7,9-12H,4,14H2,1-3H3/t7-,9+,10+,11-,12+/m1/s1. The van der Waals surface area contributed by atoms with E-state index in [4.69, 9.17) is 20.1 Å². The molecule has 1 saturated heterocycles. The van der Waals surface area contributed by atoms with Gasteiger partial charge in [-0.3, -0.25) is 19.2 Å². The van der Waals surface area contributed by atoms with Crippen molar-refractivity contribution >= 4 is 17.9 Å². The highest BCUT2D eigenvalue weighted by atomic mass is 19.1. The van der Waals surface area contributed by atoms with Crippen molar-refractivity contribution in [3.05, 3.63) is 0 Å². The van der Waals surface area contributed by atoms with Crippen LogP contribution in [-0.4, -0.2) is 55.8 Å². The summed E-state index contributed by atoms with van der Waals surface area (Å²) in [5, 5.41) is 0. The van der Waals surface area contributed by atoms with Crippen molar-refractivity contribution < 1.29 is 42.6 Å². The number of carbonyl (C=O) groups is 3. The molecule has 0 radical (unpaired) electrons. The van der Waals surface area contributed by atoms with Crippen LogP contribution in [0.2, 0.25) is 0 Å². The third-order valence-electron chi connectivity index (χ3n) is 2.90. The average Bonchev–Trinajstić information content (AvgIpc) is 2.44. The van der Waals surface area contributed by atoms with E-state index in [1.807, 2.05) is 0 Å². The average molecular weight is 323 g/mol. The zero-order chi connectivity index (χ0) is 16.9. The van der Waals surface area contributed by atoms with Crippen LogP contribution in [0.5, 0.6) is 0 Å². The maximum atomic E-state index is 14.5. The lowest BCUT2D eigenvalue weighted by atomic mass is 9.97. The molecule has 1 aliphatic rings. The molecule has 1 aliphatic heterocycles. The number of rotatable bonds is 5. The van der Waals surface area contributed by atoms with Gasteiger partial charge in [-0.15, -0.1) is 0 Å². The maximum absolute atomic E-state index is 14.5. The zero-order valence-electron chi connectivity index (χ0n) is 12.3. The normalized spacial score (nSPS) is 31.2. The van der Waals surface area contributed by atoms with Gasteiger partial charge >= 0.3 is 17.9 Å². The van der Waals surface area contributed by atoms with Gasteiger partial charge in [-0.25, -0.2) is 10.3 Å². The summed E-state index contributed by atoms with van der Waals surface area (Å²) in [5.41, 5.74) is 0. The molecular formula is C12H18FNO8. The fourth-order valence-corrected chi connectivity index (χ4v) is 2.03. The van der Waals surface area contributed by atoms with E-state index < -0.39 is 55.1 Å². The summed E-state index contributed by atoms with van der Waals surface area (Å²) in [6.45, 7) is 2.13. The van der Waals surface area contributed by atoms with Crippen LogP contribution < -0.4 is 5.90 Å². The van der Waals surface area contributed by atoms with Gasteiger partial charge in [-0.2, -0.15) is 0 Å². The lowest BCUT2D eigenvalue weighted by Gasteiger charge is -2.40. The molecule has 22 heavy (non-hydrogen) atoms. The minimum absolute atomic E-state index is 0.456. The molecule has 0 spiro atoms. The van der Waals surface area contributed by atoms with Crippen LogP contribution in [0.3, 0.4) is 0 Å². The third kappa shape index (κ3) is 4.61. The number of esters is 3. The monoisotopic (exact) mass is 323 g/mol.